The number of hydrogen-bond acceptors (Lipinski definition) is 6. The molecule has 26 heavy (non-hydrogen) atoms. The minimum absolute atomic E-state index is 0.0688. The largest absolute Gasteiger partial charge is 0.480 e. The number of carboxylic acid groups (broad SMARTS) is 1. The van der Waals surface area contributed by atoms with E-state index in [2.05, 4.69) is 33.9 Å². The van der Waals surface area contributed by atoms with Gasteiger partial charge in [-0.2, -0.15) is 12.6 Å². The Labute approximate surface area is 158 Å². The van der Waals surface area contributed by atoms with Crippen molar-refractivity contribution in [2.75, 3.05) is 12.3 Å². The zero-order valence-corrected chi connectivity index (χ0v) is 16.1. The summed E-state index contributed by atoms with van der Waals surface area (Å²) in [5, 5.41) is 19.6. The van der Waals surface area contributed by atoms with Gasteiger partial charge in [-0.15, -0.1) is 0 Å². The number of amides is 3. The van der Waals surface area contributed by atoms with Gasteiger partial charge >= 0.3 is 5.97 Å². The average Bonchev–Trinajstić information content (AvgIpc) is 3.10. The molecule has 1 saturated heterocycles. The minimum Gasteiger partial charge on any atom is -0.480 e. The minimum atomic E-state index is -1.20. The van der Waals surface area contributed by atoms with E-state index in [0.717, 1.165) is 19.4 Å². The van der Waals surface area contributed by atoms with Crippen LogP contribution in [0.1, 0.15) is 33.6 Å². The maximum atomic E-state index is 12.3. The van der Waals surface area contributed by atoms with Crippen LogP contribution in [0, 0.1) is 5.92 Å². The van der Waals surface area contributed by atoms with Gasteiger partial charge in [-0.3, -0.25) is 14.4 Å². The van der Waals surface area contributed by atoms with Gasteiger partial charge in [-0.05, 0) is 32.2 Å². The molecule has 9 nitrogen and oxygen atoms in total. The predicted molar refractivity (Wildman–Crippen MR) is 98.8 cm³/mol. The van der Waals surface area contributed by atoms with Gasteiger partial charge in [-0.25, -0.2) is 4.79 Å². The standard InChI is InChI=1S/C16H28N4O5S/c1-8(2)12(15(23)19-11(7-26)16(24)25)20-13(21)9(3)18-14(22)10-5-4-6-17-10/h8-12,17,26H,4-7H2,1-3H3,(H,18,22)(H,19,23)(H,20,21)(H,24,25). The fourth-order valence-electron chi connectivity index (χ4n) is 2.55. The van der Waals surface area contributed by atoms with Gasteiger partial charge in [0.1, 0.15) is 18.1 Å². The zero-order valence-electron chi connectivity index (χ0n) is 15.2. The molecular formula is C16H28N4O5S. The van der Waals surface area contributed by atoms with Crippen LogP contribution in [0.3, 0.4) is 0 Å². The van der Waals surface area contributed by atoms with Gasteiger partial charge in [0.25, 0.3) is 0 Å². The smallest absolute Gasteiger partial charge is 0.327 e. The Morgan fingerprint density at radius 3 is 2.23 bits per heavy atom. The SMILES string of the molecule is CC(NC(=O)C1CCCN1)C(=O)NC(C(=O)NC(CS)C(=O)O)C(C)C. The van der Waals surface area contributed by atoms with Crippen molar-refractivity contribution >= 4 is 36.3 Å². The number of aliphatic carboxylic acids is 1. The second kappa shape index (κ2) is 10.4. The molecule has 0 aromatic rings. The van der Waals surface area contributed by atoms with Gasteiger partial charge < -0.3 is 26.4 Å². The number of carbonyl (C=O) groups excluding carboxylic acids is 3. The van der Waals surface area contributed by atoms with Crippen molar-refractivity contribution in [2.45, 2.75) is 57.8 Å². The van der Waals surface area contributed by atoms with Crippen molar-refractivity contribution in [3.05, 3.63) is 0 Å². The third-order valence-electron chi connectivity index (χ3n) is 4.17. The highest BCUT2D eigenvalue weighted by molar-refractivity contribution is 7.80. The molecule has 0 aliphatic carbocycles. The Bertz CT molecular complexity index is 537. The van der Waals surface area contributed by atoms with Gasteiger partial charge in [0.05, 0.1) is 6.04 Å². The van der Waals surface area contributed by atoms with E-state index >= 15 is 0 Å². The number of thiol groups is 1. The summed E-state index contributed by atoms with van der Waals surface area (Å²) in [4.78, 5) is 47.8. The molecule has 3 amide bonds. The van der Waals surface area contributed by atoms with E-state index in [4.69, 9.17) is 5.11 Å². The number of nitrogens with one attached hydrogen (secondary N) is 4. The van der Waals surface area contributed by atoms with Crippen LogP contribution < -0.4 is 21.3 Å². The summed E-state index contributed by atoms with van der Waals surface area (Å²) in [5.41, 5.74) is 0. The van der Waals surface area contributed by atoms with Crippen LogP contribution in [0.4, 0.5) is 0 Å². The quantitative estimate of drug-likeness (QED) is 0.277. The highest BCUT2D eigenvalue weighted by atomic mass is 32.1. The normalized spacial score (nSPS) is 20.1. The molecule has 1 aliphatic heterocycles. The molecular weight excluding hydrogens is 360 g/mol. The summed E-state index contributed by atoms with van der Waals surface area (Å²) in [5.74, 6) is -2.91. The maximum Gasteiger partial charge on any atom is 0.327 e. The molecule has 0 aromatic carbocycles. The Hall–Kier alpha value is -1.81. The Kier molecular flexibility index (Phi) is 8.86. The summed E-state index contributed by atoms with van der Waals surface area (Å²) >= 11 is 3.90. The molecule has 4 unspecified atom stereocenters. The van der Waals surface area contributed by atoms with Crippen LogP contribution in [0.25, 0.3) is 0 Å². The first-order chi connectivity index (χ1) is 12.2. The van der Waals surface area contributed by atoms with E-state index < -0.39 is 35.9 Å². The number of carboxylic acids is 1. The molecule has 4 atom stereocenters. The van der Waals surface area contributed by atoms with Crippen LogP contribution >= 0.6 is 12.6 Å². The van der Waals surface area contributed by atoms with E-state index in [0.29, 0.717) is 0 Å². The van der Waals surface area contributed by atoms with Crippen LogP contribution in [0.2, 0.25) is 0 Å². The van der Waals surface area contributed by atoms with Gasteiger partial charge in [0.2, 0.25) is 17.7 Å². The van der Waals surface area contributed by atoms with E-state index in [1.807, 2.05) is 0 Å². The fourth-order valence-corrected chi connectivity index (χ4v) is 2.80. The third kappa shape index (κ3) is 6.49. The first kappa shape index (κ1) is 22.2. The number of rotatable bonds is 9. The maximum absolute atomic E-state index is 12.3. The van der Waals surface area contributed by atoms with Crippen molar-refractivity contribution in [1.82, 2.24) is 21.3 Å². The highest BCUT2D eigenvalue weighted by Gasteiger charge is 2.30. The van der Waals surface area contributed by atoms with E-state index in [9.17, 15) is 19.2 Å². The number of hydrogen-bond donors (Lipinski definition) is 6. The molecule has 1 aliphatic rings. The third-order valence-corrected chi connectivity index (χ3v) is 4.54. The molecule has 0 aromatic heterocycles. The summed E-state index contributed by atoms with van der Waals surface area (Å²) in [7, 11) is 0. The topological polar surface area (TPSA) is 137 Å². The van der Waals surface area contributed by atoms with Crippen LogP contribution in [-0.4, -0.2) is 65.3 Å². The Morgan fingerprint density at radius 1 is 1.12 bits per heavy atom. The summed E-state index contributed by atoms with van der Waals surface area (Å²) in [6.45, 7) is 5.76. The molecule has 0 bridgehead atoms. The van der Waals surface area contributed by atoms with Crippen molar-refractivity contribution in [3.63, 3.8) is 0 Å². The lowest BCUT2D eigenvalue weighted by Crippen LogP contribution is -2.58. The molecule has 5 N–H and O–H groups in total. The summed E-state index contributed by atoms with van der Waals surface area (Å²) in [6.07, 6.45) is 1.63. The molecule has 148 valence electrons. The molecule has 1 heterocycles. The van der Waals surface area contributed by atoms with Crippen LogP contribution in [-0.2, 0) is 19.2 Å². The Balaban J connectivity index is 2.64. The molecule has 0 spiro atoms. The zero-order chi connectivity index (χ0) is 19.9. The second-order valence-corrected chi connectivity index (χ2v) is 7.06. The molecule has 10 heteroatoms. The van der Waals surface area contributed by atoms with Crippen molar-refractivity contribution in [3.8, 4) is 0 Å². The molecule has 0 radical (unpaired) electrons. The van der Waals surface area contributed by atoms with Gasteiger partial charge in [0.15, 0.2) is 0 Å². The monoisotopic (exact) mass is 388 g/mol. The lowest BCUT2D eigenvalue weighted by Gasteiger charge is -2.25. The van der Waals surface area contributed by atoms with Crippen LogP contribution in [0.15, 0.2) is 0 Å². The lowest BCUT2D eigenvalue weighted by molar-refractivity contribution is -0.142. The lowest BCUT2D eigenvalue weighted by atomic mass is 10.0. The average molecular weight is 388 g/mol. The summed E-state index contributed by atoms with van der Waals surface area (Å²) < 4.78 is 0. The van der Waals surface area contributed by atoms with E-state index in [-0.39, 0.29) is 23.6 Å². The molecule has 1 rings (SSSR count). The van der Waals surface area contributed by atoms with Gasteiger partial charge in [-0.1, -0.05) is 13.8 Å². The van der Waals surface area contributed by atoms with Crippen molar-refractivity contribution < 1.29 is 24.3 Å². The molecule has 1 fully saturated rings. The predicted octanol–water partition coefficient (Wildman–Crippen LogP) is -1.12. The van der Waals surface area contributed by atoms with Gasteiger partial charge in [0, 0.05) is 5.75 Å². The first-order valence-electron chi connectivity index (χ1n) is 8.65. The molecule has 0 saturated carbocycles. The fraction of sp³-hybridized carbons (Fsp3) is 0.750. The first-order valence-corrected chi connectivity index (χ1v) is 9.28. The van der Waals surface area contributed by atoms with Crippen molar-refractivity contribution in [2.24, 2.45) is 5.92 Å². The van der Waals surface area contributed by atoms with Crippen molar-refractivity contribution in [1.29, 1.82) is 0 Å². The second-order valence-electron chi connectivity index (χ2n) is 6.69. The summed E-state index contributed by atoms with van der Waals surface area (Å²) in [6, 6.07) is -3.19. The number of carbonyl (C=O) groups is 4. The van der Waals surface area contributed by atoms with Crippen LogP contribution in [0.5, 0.6) is 0 Å². The van der Waals surface area contributed by atoms with E-state index in [1.54, 1.807) is 13.8 Å². The highest BCUT2D eigenvalue weighted by Crippen LogP contribution is 2.06. The van der Waals surface area contributed by atoms with E-state index in [1.165, 1.54) is 6.92 Å². The Morgan fingerprint density at radius 2 is 1.77 bits per heavy atom.